The van der Waals surface area contributed by atoms with E-state index in [1.54, 1.807) is 13.0 Å². The molecule has 3 heteroatoms. The third-order valence-corrected chi connectivity index (χ3v) is 3.92. The van der Waals surface area contributed by atoms with E-state index in [-0.39, 0.29) is 11.9 Å². The van der Waals surface area contributed by atoms with Crippen LogP contribution in [0.3, 0.4) is 0 Å². The van der Waals surface area contributed by atoms with Crippen LogP contribution in [-0.2, 0) is 0 Å². The van der Waals surface area contributed by atoms with Gasteiger partial charge in [0.05, 0.1) is 6.04 Å². The zero-order valence-electron chi connectivity index (χ0n) is 12.7. The van der Waals surface area contributed by atoms with Crippen molar-refractivity contribution in [3.05, 3.63) is 69.5 Å². The predicted molar refractivity (Wildman–Crippen MR) is 87.5 cm³/mol. The summed E-state index contributed by atoms with van der Waals surface area (Å²) >= 11 is 6.39. The Hall–Kier alpha value is -1.38. The lowest BCUT2D eigenvalue weighted by molar-refractivity contribution is 0.582. The van der Waals surface area contributed by atoms with Crippen molar-refractivity contribution in [2.24, 2.45) is 0 Å². The maximum absolute atomic E-state index is 13.9. The zero-order chi connectivity index (χ0) is 15.4. The number of hydrogen-bond acceptors (Lipinski definition) is 1. The highest BCUT2D eigenvalue weighted by Gasteiger charge is 2.17. The molecule has 0 amide bonds. The first-order valence-corrected chi connectivity index (χ1v) is 7.66. The van der Waals surface area contributed by atoms with E-state index in [4.69, 9.17) is 11.6 Å². The smallest absolute Gasteiger partial charge is 0.126 e. The Morgan fingerprint density at radius 3 is 2.52 bits per heavy atom. The molecule has 2 rings (SSSR count). The number of rotatable bonds is 5. The molecule has 1 unspecified atom stereocenters. The third kappa shape index (κ3) is 3.84. The Bertz CT molecular complexity index is 625. The highest BCUT2D eigenvalue weighted by Crippen LogP contribution is 2.30. The second-order valence-electron chi connectivity index (χ2n) is 5.42. The van der Waals surface area contributed by atoms with Gasteiger partial charge in [-0.3, -0.25) is 0 Å². The molecule has 0 aliphatic heterocycles. The summed E-state index contributed by atoms with van der Waals surface area (Å²) in [6.45, 7) is 6.74. The molecular formula is C18H21ClFN. The summed E-state index contributed by atoms with van der Waals surface area (Å²) in [6, 6.07) is 11.3. The van der Waals surface area contributed by atoms with E-state index in [9.17, 15) is 4.39 Å². The van der Waals surface area contributed by atoms with Gasteiger partial charge < -0.3 is 5.32 Å². The summed E-state index contributed by atoms with van der Waals surface area (Å²) in [5.74, 6) is -0.181. The van der Waals surface area contributed by atoms with Crippen molar-refractivity contribution in [3.63, 3.8) is 0 Å². The van der Waals surface area contributed by atoms with Crippen molar-refractivity contribution >= 4 is 11.6 Å². The van der Waals surface area contributed by atoms with Gasteiger partial charge in [-0.1, -0.05) is 42.8 Å². The monoisotopic (exact) mass is 305 g/mol. The molecule has 2 aromatic rings. The van der Waals surface area contributed by atoms with E-state index < -0.39 is 0 Å². The SMILES string of the molecule is CCCNC(c1ccc(C)c(F)c1)c1ccc(C)cc1Cl. The second kappa shape index (κ2) is 7.06. The predicted octanol–water partition coefficient (Wildman–Crippen LogP) is 5.18. The van der Waals surface area contributed by atoms with E-state index in [0.29, 0.717) is 10.6 Å². The van der Waals surface area contributed by atoms with Gasteiger partial charge in [0.25, 0.3) is 0 Å². The molecule has 2 aromatic carbocycles. The minimum Gasteiger partial charge on any atom is -0.306 e. The van der Waals surface area contributed by atoms with Crippen LogP contribution in [0.15, 0.2) is 36.4 Å². The summed E-state index contributed by atoms with van der Waals surface area (Å²) < 4.78 is 13.9. The molecule has 0 saturated carbocycles. The van der Waals surface area contributed by atoms with Crippen LogP contribution in [0.2, 0.25) is 5.02 Å². The van der Waals surface area contributed by atoms with Crippen LogP contribution >= 0.6 is 11.6 Å². The van der Waals surface area contributed by atoms with Gasteiger partial charge in [-0.15, -0.1) is 0 Å². The lowest BCUT2D eigenvalue weighted by Gasteiger charge is -2.21. The second-order valence-corrected chi connectivity index (χ2v) is 5.83. The molecule has 0 bridgehead atoms. The normalized spacial score (nSPS) is 12.4. The number of halogens is 2. The topological polar surface area (TPSA) is 12.0 Å². The van der Waals surface area contributed by atoms with E-state index in [1.807, 2.05) is 37.3 Å². The molecule has 21 heavy (non-hydrogen) atoms. The molecule has 0 fully saturated rings. The highest BCUT2D eigenvalue weighted by atomic mass is 35.5. The molecule has 0 aromatic heterocycles. The van der Waals surface area contributed by atoms with Crippen molar-refractivity contribution in [1.29, 1.82) is 0 Å². The molecule has 0 radical (unpaired) electrons. The number of aryl methyl sites for hydroxylation is 2. The summed E-state index contributed by atoms with van der Waals surface area (Å²) in [5.41, 5.74) is 3.66. The van der Waals surface area contributed by atoms with Crippen LogP contribution in [-0.4, -0.2) is 6.54 Å². The molecule has 112 valence electrons. The molecule has 0 saturated heterocycles. The minimum absolute atomic E-state index is 0.0897. The Labute approximate surface area is 131 Å². The fourth-order valence-corrected chi connectivity index (χ4v) is 2.70. The molecule has 0 heterocycles. The van der Waals surface area contributed by atoms with Crippen molar-refractivity contribution in [2.45, 2.75) is 33.2 Å². The standard InChI is InChI=1S/C18H21ClFN/c1-4-9-21-18(14-7-6-13(3)17(20)11-14)15-8-5-12(2)10-16(15)19/h5-8,10-11,18,21H,4,9H2,1-3H3. The van der Waals surface area contributed by atoms with Crippen molar-refractivity contribution in [3.8, 4) is 0 Å². The third-order valence-electron chi connectivity index (χ3n) is 3.59. The average Bonchev–Trinajstić information content (AvgIpc) is 2.44. The molecule has 0 aliphatic carbocycles. The van der Waals surface area contributed by atoms with E-state index in [2.05, 4.69) is 12.2 Å². The first kappa shape index (κ1) is 16.0. The van der Waals surface area contributed by atoms with Crippen LogP contribution in [0.1, 0.15) is 41.6 Å². The molecule has 1 atom stereocenters. The van der Waals surface area contributed by atoms with Gasteiger partial charge in [-0.05, 0) is 61.2 Å². The van der Waals surface area contributed by atoms with Crippen LogP contribution in [0, 0.1) is 19.7 Å². The first-order chi connectivity index (χ1) is 10.0. The first-order valence-electron chi connectivity index (χ1n) is 7.28. The van der Waals surface area contributed by atoms with Gasteiger partial charge in [-0.2, -0.15) is 0 Å². The van der Waals surface area contributed by atoms with Crippen molar-refractivity contribution in [2.75, 3.05) is 6.54 Å². The quantitative estimate of drug-likeness (QED) is 0.802. The average molecular weight is 306 g/mol. The largest absolute Gasteiger partial charge is 0.306 e. The van der Waals surface area contributed by atoms with Crippen LogP contribution < -0.4 is 5.32 Å². The van der Waals surface area contributed by atoms with Crippen LogP contribution in [0.4, 0.5) is 4.39 Å². The van der Waals surface area contributed by atoms with E-state index in [0.717, 1.165) is 29.7 Å². The molecular weight excluding hydrogens is 285 g/mol. The molecule has 0 aliphatic rings. The molecule has 1 N–H and O–H groups in total. The number of hydrogen-bond donors (Lipinski definition) is 1. The van der Waals surface area contributed by atoms with Gasteiger partial charge >= 0.3 is 0 Å². The Morgan fingerprint density at radius 2 is 1.90 bits per heavy atom. The fourth-order valence-electron chi connectivity index (χ4n) is 2.35. The van der Waals surface area contributed by atoms with Crippen LogP contribution in [0.5, 0.6) is 0 Å². The summed E-state index contributed by atoms with van der Waals surface area (Å²) in [5, 5.41) is 4.17. The minimum atomic E-state index is -0.181. The van der Waals surface area contributed by atoms with Gasteiger partial charge in [-0.25, -0.2) is 4.39 Å². The Balaban J connectivity index is 2.44. The Kier molecular flexibility index (Phi) is 5.38. The van der Waals surface area contributed by atoms with Gasteiger partial charge in [0.2, 0.25) is 0 Å². The van der Waals surface area contributed by atoms with Crippen molar-refractivity contribution in [1.82, 2.24) is 5.32 Å². The summed E-state index contributed by atoms with van der Waals surface area (Å²) in [6.07, 6.45) is 1.01. The fraction of sp³-hybridized carbons (Fsp3) is 0.333. The summed E-state index contributed by atoms with van der Waals surface area (Å²) in [7, 11) is 0. The lowest BCUT2D eigenvalue weighted by Crippen LogP contribution is -2.23. The van der Waals surface area contributed by atoms with E-state index in [1.165, 1.54) is 0 Å². The Morgan fingerprint density at radius 1 is 1.14 bits per heavy atom. The number of nitrogens with one attached hydrogen (secondary N) is 1. The zero-order valence-corrected chi connectivity index (χ0v) is 13.5. The maximum Gasteiger partial charge on any atom is 0.126 e. The molecule has 0 spiro atoms. The van der Waals surface area contributed by atoms with Crippen LogP contribution in [0.25, 0.3) is 0 Å². The van der Waals surface area contributed by atoms with E-state index >= 15 is 0 Å². The molecule has 1 nitrogen and oxygen atoms in total. The summed E-state index contributed by atoms with van der Waals surface area (Å²) in [4.78, 5) is 0. The van der Waals surface area contributed by atoms with Gasteiger partial charge in [0.1, 0.15) is 5.82 Å². The highest BCUT2D eigenvalue weighted by molar-refractivity contribution is 6.31. The van der Waals surface area contributed by atoms with Crippen molar-refractivity contribution < 1.29 is 4.39 Å². The maximum atomic E-state index is 13.9. The lowest BCUT2D eigenvalue weighted by atomic mass is 9.96. The van der Waals surface area contributed by atoms with Gasteiger partial charge in [0.15, 0.2) is 0 Å². The van der Waals surface area contributed by atoms with Gasteiger partial charge in [0, 0.05) is 5.02 Å². The number of benzene rings is 2.